The van der Waals surface area contributed by atoms with Crippen LogP contribution in [0.1, 0.15) is 44.5 Å². The Morgan fingerprint density at radius 2 is 2.33 bits per heavy atom. The van der Waals surface area contributed by atoms with Crippen molar-refractivity contribution in [3.63, 3.8) is 0 Å². The first kappa shape index (κ1) is 10.4. The number of nitrogens with zero attached hydrogens (tertiary/aromatic N) is 3. The molecule has 2 rings (SSSR count). The van der Waals surface area contributed by atoms with Gasteiger partial charge in [-0.05, 0) is 25.7 Å². The van der Waals surface area contributed by atoms with Crippen molar-refractivity contribution in [3.05, 3.63) is 5.82 Å². The van der Waals surface area contributed by atoms with Crippen molar-refractivity contribution >= 4 is 5.95 Å². The van der Waals surface area contributed by atoms with Gasteiger partial charge >= 0.3 is 0 Å². The van der Waals surface area contributed by atoms with Crippen molar-refractivity contribution in [1.82, 2.24) is 14.8 Å². The second-order valence-corrected chi connectivity index (χ2v) is 4.15. The maximum absolute atomic E-state index is 9.76. The molecule has 1 aliphatic rings. The monoisotopic (exact) mass is 210 g/mol. The molecule has 0 aliphatic heterocycles. The summed E-state index contributed by atoms with van der Waals surface area (Å²) >= 11 is 0. The van der Waals surface area contributed by atoms with Gasteiger partial charge < -0.3 is 10.8 Å². The fourth-order valence-electron chi connectivity index (χ4n) is 2.16. The molecule has 1 aromatic rings. The van der Waals surface area contributed by atoms with Crippen LogP contribution in [0.3, 0.4) is 0 Å². The summed E-state index contributed by atoms with van der Waals surface area (Å²) in [6.45, 7) is 2.08. The quantitative estimate of drug-likeness (QED) is 0.777. The van der Waals surface area contributed by atoms with Gasteiger partial charge in [-0.25, -0.2) is 4.68 Å². The lowest BCUT2D eigenvalue weighted by Gasteiger charge is -2.15. The molecule has 1 heterocycles. The minimum Gasteiger partial charge on any atom is -0.391 e. The number of aryl methyl sites for hydroxylation is 1. The topological polar surface area (TPSA) is 77.0 Å². The SMILES string of the molecule is CCCc1nc(N)n(C2CCCC2O)n1. The van der Waals surface area contributed by atoms with E-state index in [-0.39, 0.29) is 12.1 Å². The minimum atomic E-state index is -0.316. The van der Waals surface area contributed by atoms with E-state index in [4.69, 9.17) is 5.73 Å². The van der Waals surface area contributed by atoms with Crippen LogP contribution in [0.4, 0.5) is 5.95 Å². The number of nitrogens with two attached hydrogens (primary N) is 1. The second-order valence-electron chi connectivity index (χ2n) is 4.15. The summed E-state index contributed by atoms with van der Waals surface area (Å²) in [5.74, 6) is 1.22. The number of aliphatic hydroxyl groups is 1. The molecule has 0 radical (unpaired) electrons. The van der Waals surface area contributed by atoms with Gasteiger partial charge in [0.05, 0.1) is 12.1 Å². The molecule has 3 N–H and O–H groups in total. The van der Waals surface area contributed by atoms with Crippen LogP contribution in [0.2, 0.25) is 0 Å². The molecule has 1 aromatic heterocycles. The zero-order valence-electron chi connectivity index (χ0n) is 9.06. The highest BCUT2D eigenvalue weighted by atomic mass is 16.3. The Morgan fingerprint density at radius 3 is 2.93 bits per heavy atom. The molecule has 0 saturated heterocycles. The molecule has 0 aromatic carbocycles. The highest BCUT2D eigenvalue weighted by Gasteiger charge is 2.29. The van der Waals surface area contributed by atoms with E-state index < -0.39 is 0 Å². The zero-order valence-corrected chi connectivity index (χ0v) is 9.06. The van der Waals surface area contributed by atoms with Gasteiger partial charge in [0.25, 0.3) is 0 Å². The average molecular weight is 210 g/mol. The van der Waals surface area contributed by atoms with E-state index >= 15 is 0 Å². The molecule has 1 aliphatic carbocycles. The van der Waals surface area contributed by atoms with E-state index in [9.17, 15) is 5.11 Å². The van der Waals surface area contributed by atoms with Gasteiger partial charge in [-0.2, -0.15) is 10.1 Å². The maximum atomic E-state index is 9.76. The van der Waals surface area contributed by atoms with Gasteiger partial charge in [-0.15, -0.1) is 0 Å². The van der Waals surface area contributed by atoms with E-state index in [2.05, 4.69) is 17.0 Å². The molecule has 5 nitrogen and oxygen atoms in total. The molecular formula is C10H18N4O. The molecule has 2 unspecified atom stereocenters. The van der Waals surface area contributed by atoms with E-state index in [0.717, 1.165) is 37.9 Å². The van der Waals surface area contributed by atoms with Crippen molar-refractivity contribution in [2.75, 3.05) is 5.73 Å². The molecule has 0 bridgehead atoms. The van der Waals surface area contributed by atoms with Crippen LogP contribution < -0.4 is 5.73 Å². The standard InChI is InChI=1S/C10H18N4O/c1-2-4-9-12-10(11)14(13-9)7-5-3-6-8(7)15/h7-8,15H,2-6H2,1H3,(H2,11,12,13). The van der Waals surface area contributed by atoms with Crippen LogP contribution in [-0.2, 0) is 6.42 Å². The zero-order chi connectivity index (χ0) is 10.8. The van der Waals surface area contributed by atoms with Gasteiger partial charge in [0, 0.05) is 6.42 Å². The van der Waals surface area contributed by atoms with Gasteiger partial charge in [0.1, 0.15) is 0 Å². The molecule has 1 fully saturated rings. The summed E-state index contributed by atoms with van der Waals surface area (Å²) in [5, 5.41) is 14.1. The van der Waals surface area contributed by atoms with E-state index in [1.54, 1.807) is 4.68 Å². The van der Waals surface area contributed by atoms with Gasteiger partial charge in [0.15, 0.2) is 5.82 Å². The Labute approximate surface area is 89.3 Å². The number of nitrogen functional groups attached to an aromatic ring is 1. The third kappa shape index (κ3) is 1.97. The van der Waals surface area contributed by atoms with Crippen molar-refractivity contribution < 1.29 is 5.11 Å². The summed E-state index contributed by atoms with van der Waals surface area (Å²) < 4.78 is 1.70. The lowest BCUT2D eigenvalue weighted by Crippen LogP contribution is -2.21. The summed E-state index contributed by atoms with van der Waals surface area (Å²) in [7, 11) is 0. The predicted molar refractivity (Wildman–Crippen MR) is 57.3 cm³/mol. The molecule has 5 heteroatoms. The molecular weight excluding hydrogens is 192 g/mol. The normalized spacial score (nSPS) is 26.0. The highest BCUT2D eigenvalue weighted by Crippen LogP contribution is 2.30. The molecule has 1 saturated carbocycles. The Kier molecular flexibility index (Phi) is 2.90. The summed E-state index contributed by atoms with van der Waals surface area (Å²) in [6.07, 6.45) is 4.36. The second kappa shape index (κ2) is 4.18. The van der Waals surface area contributed by atoms with Crippen LogP contribution in [0.25, 0.3) is 0 Å². The third-order valence-electron chi connectivity index (χ3n) is 2.93. The molecule has 84 valence electrons. The summed E-state index contributed by atoms with van der Waals surface area (Å²) in [4.78, 5) is 4.20. The Morgan fingerprint density at radius 1 is 1.53 bits per heavy atom. The van der Waals surface area contributed by atoms with Gasteiger partial charge in [0.2, 0.25) is 5.95 Å². The maximum Gasteiger partial charge on any atom is 0.219 e. The first-order valence-electron chi connectivity index (χ1n) is 5.61. The first-order chi connectivity index (χ1) is 7.22. The van der Waals surface area contributed by atoms with Gasteiger partial charge in [-0.3, -0.25) is 0 Å². The number of aromatic nitrogens is 3. The Hall–Kier alpha value is -1.10. The molecule has 15 heavy (non-hydrogen) atoms. The molecule has 2 atom stereocenters. The van der Waals surface area contributed by atoms with Crippen molar-refractivity contribution in [2.24, 2.45) is 0 Å². The summed E-state index contributed by atoms with van der Waals surface area (Å²) in [5.41, 5.74) is 5.79. The van der Waals surface area contributed by atoms with Crippen LogP contribution in [0.5, 0.6) is 0 Å². The number of anilines is 1. The summed E-state index contributed by atoms with van der Waals surface area (Å²) in [6, 6.07) is 0.0307. The van der Waals surface area contributed by atoms with E-state index in [1.807, 2.05) is 0 Å². The highest BCUT2D eigenvalue weighted by molar-refractivity contribution is 5.18. The number of hydrogen-bond donors (Lipinski definition) is 2. The lowest BCUT2D eigenvalue weighted by atomic mass is 10.2. The molecule has 0 spiro atoms. The van der Waals surface area contributed by atoms with Gasteiger partial charge in [-0.1, -0.05) is 6.92 Å². The van der Waals surface area contributed by atoms with Crippen LogP contribution in [0.15, 0.2) is 0 Å². The van der Waals surface area contributed by atoms with Crippen LogP contribution >= 0.6 is 0 Å². The number of aliphatic hydroxyl groups excluding tert-OH is 1. The molecule has 0 amide bonds. The number of rotatable bonds is 3. The predicted octanol–water partition coefficient (Wildman–Crippen LogP) is 0.899. The van der Waals surface area contributed by atoms with E-state index in [0.29, 0.717) is 5.95 Å². The average Bonchev–Trinajstić information content (AvgIpc) is 2.73. The largest absolute Gasteiger partial charge is 0.391 e. The fraction of sp³-hybridized carbons (Fsp3) is 0.800. The van der Waals surface area contributed by atoms with Crippen molar-refractivity contribution in [1.29, 1.82) is 0 Å². The lowest BCUT2D eigenvalue weighted by molar-refractivity contribution is 0.131. The number of hydrogen-bond acceptors (Lipinski definition) is 4. The van der Waals surface area contributed by atoms with Crippen molar-refractivity contribution in [3.8, 4) is 0 Å². The van der Waals surface area contributed by atoms with Crippen molar-refractivity contribution in [2.45, 2.75) is 51.2 Å². The van der Waals surface area contributed by atoms with Crippen LogP contribution in [0, 0.1) is 0 Å². The smallest absolute Gasteiger partial charge is 0.219 e. The first-order valence-corrected chi connectivity index (χ1v) is 5.61. The third-order valence-corrected chi connectivity index (χ3v) is 2.93. The van der Waals surface area contributed by atoms with Crippen LogP contribution in [-0.4, -0.2) is 26.0 Å². The Balaban J connectivity index is 2.19. The Bertz CT molecular complexity index is 336. The fourth-order valence-corrected chi connectivity index (χ4v) is 2.16. The van der Waals surface area contributed by atoms with E-state index in [1.165, 1.54) is 0 Å². The minimum absolute atomic E-state index is 0.0307.